The third-order valence-electron chi connectivity index (χ3n) is 0. The van der Waals surface area contributed by atoms with Crippen LogP contribution < -0.4 is 0 Å². The zero-order chi connectivity index (χ0) is 3.58. The van der Waals surface area contributed by atoms with Crippen LogP contribution in [0.1, 0.15) is 2.85 Å². The van der Waals surface area contributed by atoms with Gasteiger partial charge < -0.3 is 12.4 Å². The molecule has 0 spiro atoms. The molecule has 0 heterocycles. The van der Waals surface area contributed by atoms with E-state index < -0.39 is 9.17 Å². The minimum Gasteiger partial charge on any atom is -1.00 e. The van der Waals surface area contributed by atoms with E-state index in [2.05, 4.69) is 0 Å². The second kappa shape index (κ2) is 9.77. The summed E-state index contributed by atoms with van der Waals surface area (Å²) in [7, 11) is -3.13. The van der Waals surface area contributed by atoms with Gasteiger partial charge in [-0.15, -0.1) is 0 Å². The Hall–Kier alpha value is 1.59. The fourth-order valence-corrected chi connectivity index (χ4v) is 0. The van der Waals surface area contributed by atoms with Crippen molar-refractivity contribution < 1.29 is 38.6 Å². The van der Waals surface area contributed by atoms with Crippen molar-refractivity contribution in [2.75, 3.05) is 0 Å². The predicted octanol–water partition coefficient (Wildman–Crippen LogP) is -1.77. The van der Waals surface area contributed by atoms with Gasteiger partial charge in [-0.3, -0.25) is 4.46 Å². The van der Waals surface area contributed by atoms with E-state index >= 15 is 0 Å². The van der Waals surface area contributed by atoms with Gasteiger partial charge in [0.1, 0.15) is 0 Å². The second-order valence-electron chi connectivity index (χ2n) is 0.283. The van der Waals surface area contributed by atoms with Crippen LogP contribution in [0.2, 0.25) is 0 Å². The van der Waals surface area contributed by atoms with Crippen molar-refractivity contribution in [2.45, 2.75) is 0 Å². The Morgan fingerprint density at radius 2 is 1.50 bits per heavy atom. The first-order chi connectivity index (χ1) is 1.73. The summed E-state index contributed by atoms with van der Waals surface area (Å²) in [6.07, 6.45) is 0. The third-order valence-corrected chi connectivity index (χ3v) is 0. The van der Waals surface area contributed by atoms with Crippen molar-refractivity contribution in [2.24, 2.45) is 0 Å². The molecule has 0 rings (SSSR count). The fraction of sp³-hybridized carbons (Fsp3) is 0. The first-order valence-corrected chi connectivity index (χ1v) is 1.95. The number of hydrogen-bond donors (Lipinski definition) is 2. The summed E-state index contributed by atoms with van der Waals surface area (Å²) in [5.41, 5.74) is 0. The van der Waals surface area contributed by atoms with Gasteiger partial charge in [0.05, 0.1) is 0 Å². The SMILES string of the molecule is O=[Si](O)O.[Ca+2].[H-].[H-].[Ti]. The van der Waals surface area contributed by atoms with Crippen LogP contribution in [0.15, 0.2) is 0 Å². The van der Waals surface area contributed by atoms with E-state index in [-0.39, 0.29) is 62.3 Å². The molecule has 6 heteroatoms. The van der Waals surface area contributed by atoms with Crippen LogP contribution in [0.5, 0.6) is 0 Å². The molecule has 3 nitrogen and oxygen atoms in total. The van der Waals surface area contributed by atoms with E-state index in [0.717, 1.165) is 0 Å². The maximum absolute atomic E-state index is 8.74. The number of hydrogen-bond acceptors (Lipinski definition) is 1. The van der Waals surface area contributed by atoms with Crippen molar-refractivity contribution in [1.29, 1.82) is 0 Å². The summed E-state index contributed by atoms with van der Waals surface area (Å²) in [5.74, 6) is 0. The average molecular weight is 168 g/mol. The molecule has 0 bridgehead atoms. The molecule has 0 saturated carbocycles. The second-order valence-corrected chi connectivity index (χ2v) is 0.848. The van der Waals surface area contributed by atoms with Crippen LogP contribution in [0.25, 0.3) is 0 Å². The van der Waals surface area contributed by atoms with E-state index in [4.69, 9.17) is 14.1 Å². The quantitative estimate of drug-likeness (QED) is 0.421. The molecule has 6 heavy (non-hydrogen) atoms. The van der Waals surface area contributed by atoms with Gasteiger partial charge in [-0.05, 0) is 0 Å². The molecule has 0 aliphatic heterocycles. The summed E-state index contributed by atoms with van der Waals surface area (Å²) < 4.78 is 8.74. The summed E-state index contributed by atoms with van der Waals surface area (Å²) in [4.78, 5) is 14.3. The third kappa shape index (κ3) is 46.6. The Labute approximate surface area is 84.5 Å². The summed E-state index contributed by atoms with van der Waals surface area (Å²) in [6.45, 7) is 0. The van der Waals surface area contributed by atoms with Crippen LogP contribution >= 0.6 is 0 Å². The van der Waals surface area contributed by atoms with Gasteiger partial charge in [-0.2, -0.15) is 0 Å². The van der Waals surface area contributed by atoms with Gasteiger partial charge in [0, 0.05) is 21.7 Å². The van der Waals surface area contributed by atoms with E-state index in [1.807, 2.05) is 0 Å². The summed E-state index contributed by atoms with van der Waals surface area (Å²) in [5, 5.41) is 0. The van der Waals surface area contributed by atoms with E-state index in [0.29, 0.717) is 0 Å². The largest absolute Gasteiger partial charge is 2.00 e. The minimum atomic E-state index is -3.13. The maximum Gasteiger partial charge on any atom is 2.00 e. The van der Waals surface area contributed by atoms with Crippen molar-refractivity contribution in [1.82, 2.24) is 0 Å². The van der Waals surface area contributed by atoms with Gasteiger partial charge in [0.15, 0.2) is 0 Å². The average Bonchev–Trinajstić information content (AvgIpc) is 0.811. The molecule has 0 aliphatic carbocycles. The fourth-order valence-electron chi connectivity index (χ4n) is 0. The molecule has 0 aromatic heterocycles. The molecule has 0 fully saturated rings. The van der Waals surface area contributed by atoms with Crippen LogP contribution in [-0.4, -0.2) is 56.5 Å². The topological polar surface area (TPSA) is 57.5 Å². The van der Waals surface area contributed by atoms with Crippen molar-refractivity contribution in [3.05, 3.63) is 0 Å². The van der Waals surface area contributed by atoms with Gasteiger partial charge in [0.2, 0.25) is 0 Å². The molecular weight excluding hydrogens is 164 g/mol. The Morgan fingerprint density at radius 1 is 1.50 bits per heavy atom. The van der Waals surface area contributed by atoms with E-state index in [9.17, 15) is 0 Å². The Bertz CT molecular complexity index is 40.3. The first-order valence-electron chi connectivity index (χ1n) is 0.651. The van der Waals surface area contributed by atoms with Crippen molar-refractivity contribution in [3.63, 3.8) is 0 Å². The molecule has 0 aromatic carbocycles. The van der Waals surface area contributed by atoms with Gasteiger partial charge in [-0.1, -0.05) is 0 Å². The Kier molecular flexibility index (Phi) is 25.5. The minimum absolute atomic E-state index is 0. The molecule has 0 atom stereocenters. The van der Waals surface area contributed by atoms with Gasteiger partial charge in [-0.25, -0.2) is 0 Å². The Morgan fingerprint density at radius 3 is 1.50 bits per heavy atom. The molecule has 0 aromatic rings. The number of rotatable bonds is 0. The van der Waals surface area contributed by atoms with E-state index in [1.54, 1.807) is 0 Å². The van der Waals surface area contributed by atoms with Crippen molar-refractivity contribution in [3.8, 4) is 0 Å². The molecule has 2 N–H and O–H groups in total. The normalized spacial score (nSPS) is 4.00. The first kappa shape index (κ1) is 15.6. The van der Waals surface area contributed by atoms with Crippen molar-refractivity contribution >= 4 is 46.9 Å². The molecule has 32 valence electrons. The molecule has 0 radical (unpaired) electrons. The Balaban J connectivity index is -0.00000000750. The van der Waals surface area contributed by atoms with Crippen LogP contribution in [0.4, 0.5) is 0 Å². The molecular formula is H4CaO3SiTi. The van der Waals surface area contributed by atoms with Crippen LogP contribution in [-0.2, 0) is 26.2 Å². The molecule has 0 unspecified atom stereocenters. The zero-order valence-electron chi connectivity index (χ0n) is 5.01. The monoisotopic (exact) mass is 168 g/mol. The smallest absolute Gasteiger partial charge is 1.00 e. The molecule has 0 amide bonds. The summed E-state index contributed by atoms with van der Waals surface area (Å²) in [6, 6.07) is 0. The van der Waals surface area contributed by atoms with Crippen LogP contribution in [0, 0.1) is 0 Å². The van der Waals surface area contributed by atoms with E-state index in [1.165, 1.54) is 0 Å². The maximum atomic E-state index is 8.74. The standard InChI is InChI=1S/Ca.H2O3Si.Ti.2H/c;1-4(2)3;;;/h;1-2H;;;/q+2;;;2*-1. The molecule has 0 aliphatic rings. The predicted molar refractivity (Wildman–Crippen MR) is 18.9 cm³/mol. The van der Waals surface area contributed by atoms with Gasteiger partial charge >= 0.3 is 46.9 Å². The zero-order valence-corrected chi connectivity index (χ0v) is 7.78. The van der Waals surface area contributed by atoms with Gasteiger partial charge in [0.25, 0.3) is 0 Å². The van der Waals surface area contributed by atoms with Crippen LogP contribution in [0.3, 0.4) is 0 Å². The molecule has 0 saturated heterocycles. The summed E-state index contributed by atoms with van der Waals surface area (Å²) >= 11 is 0.